The van der Waals surface area contributed by atoms with E-state index in [1.54, 1.807) is 30.3 Å². The highest BCUT2D eigenvalue weighted by Gasteiger charge is 2.15. The molecule has 0 aliphatic rings. The number of phenols is 1. The van der Waals surface area contributed by atoms with Crippen molar-refractivity contribution >= 4 is 22.8 Å². The Labute approximate surface area is 137 Å². The number of aromatic carboxylic acids is 1. The second-order valence-electron chi connectivity index (χ2n) is 5.40. The number of phenolic OH excluding ortho intramolecular Hbond substituents is 1. The van der Waals surface area contributed by atoms with Gasteiger partial charge in [0.1, 0.15) is 5.75 Å². The molecule has 0 aliphatic heterocycles. The quantitative estimate of drug-likeness (QED) is 0.579. The van der Waals surface area contributed by atoms with Gasteiger partial charge >= 0.3 is 5.97 Å². The number of aromatic nitrogens is 1. The van der Waals surface area contributed by atoms with Crippen LogP contribution in [0.25, 0.3) is 10.9 Å². The molecule has 24 heavy (non-hydrogen) atoms. The van der Waals surface area contributed by atoms with Crippen molar-refractivity contribution in [2.75, 3.05) is 6.54 Å². The minimum atomic E-state index is -1.13. The highest BCUT2D eigenvalue weighted by molar-refractivity contribution is 6.04. The van der Waals surface area contributed by atoms with Gasteiger partial charge in [0.15, 0.2) is 0 Å². The van der Waals surface area contributed by atoms with Gasteiger partial charge in [0.2, 0.25) is 0 Å². The molecule has 1 aromatic heterocycles. The predicted octanol–water partition coefficient (Wildman–Crippen LogP) is 2.54. The van der Waals surface area contributed by atoms with Crippen molar-refractivity contribution in [3.05, 3.63) is 65.4 Å². The van der Waals surface area contributed by atoms with Crippen LogP contribution in [0, 0.1) is 0 Å². The Balaban J connectivity index is 1.69. The maximum atomic E-state index is 12.2. The molecule has 1 amide bonds. The van der Waals surface area contributed by atoms with Crippen molar-refractivity contribution in [1.82, 2.24) is 10.3 Å². The molecule has 0 saturated heterocycles. The Morgan fingerprint density at radius 1 is 1.08 bits per heavy atom. The zero-order chi connectivity index (χ0) is 17.1. The fraction of sp³-hybridized carbons (Fsp3) is 0.111. The van der Waals surface area contributed by atoms with Crippen LogP contribution >= 0.6 is 0 Å². The van der Waals surface area contributed by atoms with Gasteiger partial charge in [-0.15, -0.1) is 0 Å². The van der Waals surface area contributed by atoms with E-state index in [0.29, 0.717) is 13.0 Å². The van der Waals surface area contributed by atoms with Gasteiger partial charge in [-0.1, -0.05) is 12.1 Å². The van der Waals surface area contributed by atoms with Crippen LogP contribution in [-0.2, 0) is 6.42 Å². The predicted molar refractivity (Wildman–Crippen MR) is 89.4 cm³/mol. The summed E-state index contributed by atoms with van der Waals surface area (Å²) in [7, 11) is 0. The zero-order valence-corrected chi connectivity index (χ0v) is 12.7. The first-order valence-electron chi connectivity index (χ1n) is 7.46. The number of fused-ring (bicyclic) bond motifs is 1. The van der Waals surface area contributed by atoms with Crippen LogP contribution in [0.5, 0.6) is 5.75 Å². The molecule has 0 radical (unpaired) electrons. The molecule has 0 spiro atoms. The minimum absolute atomic E-state index is 0.0213. The first kappa shape index (κ1) is 15.6. The number of H-pyrrole nitrogens is 1. The fourth-order valence-corrected chi connectivity index (χ4v) is 2.65. The number of benzene rings is 2. The van der Waals surface area contributed by atoms with E-state index in [1.165, 1.54) is 12.1 Å². The second kappa shape index (κ2) is 6.45. The number of carbonyl (C=O) groups is 2. The number of aromatic hydroxyl groups is 1. The van der Waals surface area contributed by atoms with E-state index in [4.69, 9.17) is 5.11 Å². The topological polar surface area (TPSA) is 102 Å². The smallest absolute Gasteiger partial charge is 0.336 e. The molecule has 0 saturated carbocycles. The molecule has 1 heterocycles. The molecule has 6 nitrogen and oxygen atoms in total. The van der Waals surface area contributed by atoms with E-state index in [-0.39, 0.29) is 16.9 Å². The van der Waals surface area contributed by atoms with Crippen LogP contribution in [0.4, 0.5) is 0 Å². The molecular formula is C18H16N2O4. The van der Waals surface area contributed by atoms with Crippen molar-refractivity contribution in [1.29, 1.82) is 0 Å². The highest BCUT2D eigenvalue weighted by atomic mass is 16.4. The van der Waals surface area contributed by atoms with Gasteiger partial charge in [-0.3, -0.25) is 4.79 Å². The maximum Gasteiger partial charge on any atom is 0.336 e. The Hall–Kier alpha value is -3.28. The Bertz CT molecular complexity index is 914. The third-order valence-electron chi connectivity index (χ3n) is 3.83. The summed E-state index contributed by atoms with van der Waals surface area (Å²) in [6.45, 7) is 0.357. The lowest BCUT2D eigenvalue weighted by Crippen LogP contribution is -2.27. The van der Waals surface area contributed by atoms with E-state index in [0.717, 1.165) is 16.5 Å². The highest BCUT2D eigenvalue weighted by Crippen LogP contribution is 2.23. The number of hydrogen-bond donors (Lipinski definition) is 4. The van der Waals surface area contributed by atoms with Crippen LogP contribution < -0.4 is 5.32 Å². The maximum absolute atomic E-state index is 12.2. The number of nitrogens with one attached hydrogen (secondary N) is 2. The lowest BCUT2D eigenvalue weighted by molar-refractivity contribution is 0.0691. The van der Waals surface area contributed by atoms with E-state index in [9.17, 15) is 14.7 Å². The third kappa shape index (κ3) is 3.08. The Kier molecular flexibility index (Phi) is 4.20. The zero-order valence-electron chi connectivity index (χ0n) is 12.7. The van der Waals surface area contributed by atoms with Crippen molar-refractivity contribution < 1.29 is 19.8 Å². The molecule has 3 rings (SSSR count). The molecule has 3 aromatic rings. The summed E-state index contributed by atoms with van der Waals surface area (Å²) < 4.78 is 0. The van der Waals surface area contributed by atoms with E-state index < -0.39 is 11.9 Å². The minimum Gasteiger partial charge on any atom is -0.508 e. The van der Waals surface area contributed by atoms with Crippen LogP contribution in [0.1, 0.15) is 26.3 Å². The molecule has 0 atom stereocenters. The Morgan fingerprint density at radius 2 is 1.83 bits per heavy atom. The molecule has 0 aliphatic carbocycles. The molecule has 2 aromatic carbocycles. The number of rotatable bonds is 5. The van der Waals surface area contributed by atoms with E-state index in [2.05, 4.69) is 10.3 Å². The summed E-state index contributed by atoms with van der Waals surface area (Å²) in [6, 6.07) is 11.2. The standard InChI is InChI=1S/C18H16N2O4/c21-12-5-6-16-15(9-12)11(10-20-16)7-8-19-17(22)13-3-1-2-4-14(13)18(23)24/h1-6,9-10,20-21H,7-8H2,(H,19,22)(H,23,24). The lowest BCUT2D eigenvalue weighted by Gasteiger charge is -2.07. The van der Waals surface area contributed by atoms with Gasteiger partial charge in [0.05, 0.1) is 11.1 Å². The van der Waals surface area contributed by atoms with Gasteiger partial charge in [-0.25, -0.2) is 4.79 Å². The van der Waals surface area contributed by atoms with Gasteiger partial charge in [-0.2, -0.15) is 0 Å². The lowest BCUT2D eigenvalue weighted by atomic mass is 10.1. The summed E-state index contributed by atoms with van der Waals surface area (Å²) in [5.74, 6) is -1.37. The SMILES string of the molecule is O=C(O)c1ccccc1C(=O)NCCc1c[nH]c2ccc(O)cc12. The van der Waals surface area contributed by atoms with Gasteiger partial charge in [0, 0.05) is 23.6 Å². The molecular weight excluding hydrogens is 308 g/mol. The largest absolute Gasteiger partial charge is 0.508 e. The third-order valence-corrected chi connectivity index (χ3v) is 3.83. The van der Waals surface area contributed by atoms with Crippen LogP contribution in [-0.4, -0.2) is 33.6 Å². The fourth-order valence-electron chi connectivity index (χ4n) is 2.65. The molecule has 6 heteroatoms. The van der Waals surface area contributed by atoms with Crippen LogP contribution in [0.3, 0.4) is 0 Å². The van der Waals surface area contributed by atoms with Gasteiger partial charge < -0.3 is 20.5 Å². The van der Waals surface area contributed by atoms with Gasteiger partial charge in [-0.05, 0) is 42.3 Å². The van der Waals surface area contributed by atoms with E-state index >= 15 is 0 Å². The van der Waals surface area contributed by atoms with Crippen molar-refractivity contribution in [2.24, 2.45) is 0 Å². The number of aromatic amines is 1. The van der Waals surface area contributed by atoms with E-state index in [1.807, 2.05) is 6.20 Å². The average Bonchev–Trinajstić information content (AvgIpc) is 2.97. The molecule has 4 N–H and O–H groups in total. The summed E-state index contributed by atoms with van der Waals surface area (Å²) in [6.07, 6.45) is 2.39. The van der Waals surface area contributed by atoms with Crippen molar-refractivity contribution in [2.45, 2.75) is 6.42 Å². The second-order valence-corrected chi connectivity index (χ2v) is 5.40. The number of carboxylic acid groups (broad SMARTS) is 1. The van der Waals surface area contributed by atoms with Crippen molar-refractivity contribution in [3.8, 4) is 5.75 Å². The number of amides is 1. The summed E-state index contributed by atoms with van der Waals surface area (Å²) in [5, 5.41) is 22.3. The van der Waals surface area contributed by atoms with Crippen molar-refractivity contribution in [3.63, 3.8) is 0 Å². The average molecular weight is 324 g/mol. The number of carbonyl (C=O) groups excluding carboxylic acids is 1. The molecule has 0 bridgehead atoms. The first-order valence-corrected chi connectivity index (χ1v) is 7.46. The van der Waals surface area contributed by atoms with Crippen LogP contribution in [0.2, 0.25) is 0 Å². The van der Waals surface area contributed by atoms with Crippen LogP contribution in [0.15, 0.2) is 48.7 Å². The monoisotopic (exact) mass is 324 g/mol. The summed E-state index contributed by atoms with van der Waals surface area (Å²) in [5.41, 5.74) is 1.99. The molecule has 0 fully saturated rings. The van der Waals surface area contributed by atoms with Gasteiger partial charge in [0.25, 0.3) is 5.91 Å². The Morgan fingerprint density at radius 3 is 2.58 bits per heavy atom. The number of carboxylic acids is 1. The normalized spacial score (nSPS) is 10.7. The summed E-state index contributed by atoms with van der Waals surface area (Å²) >= 11 is 0. The summed E-state index contributed by atoms with van der Waals surface area (Å²) in [4.78, 5) is 26.5. The molecule has 122 valence electrons. The number of hydrogen-bond acceptors (Lipinski definition) is 3. The first-order chi connectivity index (χ1) is 11.6. The molecule has 0 unspecified atom stereocenters.